The van der Waals surface area contributed by atoms with Crippen LogP contribution in [0.1, 0.15) is 27.6 Å². The second-order valence-electron chi connectivity index (χ2n) is 3.28. The number of hydrogen-bond donors (Lipinski definition) is 3. The van der Waals surface area contributed by atoms with Gasteiger partial charge in [0.1, 0.15) is 0 Å². The van der Waals surface area contributed by atoms with Crippen LogP contribution in [0.4, 0.5) is 0 Å². The van der Waals surface area contributed by atoms with Crippen LogP contribution in [-0.4, -0.2) is 33.2 Å². The fourth-order valence-corrected chi connectivity index (χ4v) is 0.785. The van der Waals surface area contributed by atoms with Gasteiger partial charge in [-0.2, -0.15) is 0 Å². The molecule has 0 bridgehead atoms. The first kappa shape index (κ1) is 15.4. The zero-order valence-corrected chi connectivity index (χ0v) is 9.58. The van der Waals surface area contributed by atoms with E-state index in [4.69, 9.17) is 15.3 Å². The molecule has 6 heteroatoms. The molecule has 0 saturated carbocycles. The lowest BCUT2D eigenvalue weighted by atomic mass is 10.1. The summed E-state index contributed by atoms with van der Waals surface area (Å²) in [6.07, 6.45) is 0. The summed E-state index contributed by atoms with van der Waals surface area (Å²) >= 11 is 0. The van der Waals surface area contributed by atoms with E-state index in [0.29, 0.717) is 0 Å². The summed E-state index contributed by atoms with van der Waals surface area (Å²) in [6.45, 7) is 4.60. The van der Waals surface area contributed by atoms with Gasteiger partial charge in [-0.3, -0.25) is 0 Å². The minimum Gasteiger partial charge on any atom is -0.478 e. The molecule has 6 nitrogen and oxygen atoms in total. The van der Waals surface area contributed by atoms with Gasteiger partial charge in [-0.25, -0.2) is 14.4 Å². The van der Waals surface area contributed by atoms with Crippen molar-refractivity contribution in [3.63, 3.8) is 0 Å². The normalized spacial score (nSPS) is 8.72. The molecule has 0 fully saturated rings. The molecule has 96 valence electrons. The van der Waals surface area contributed by atoms with Gasteiger partial charge >= 0.3 is 17.9 Å². The highest BCUT2D eigenvalue weighted by atomic mass is 16.4. The Morgan fingerprint density at radius 3 is 1.56 bits per heavy atom. The van der Waals surface area contributed by atoms with E-state index in [1.807, 2.05) is 0 Å². The summed E-state index contributed by atoms with van der Waals surface area (Å²) < 4.78 is 0. The first-order valence-electron chi connectivity index (χ1n) is 4.71. The lowest BCUT2D eigenvalue weighted by Crippen LogP contribution is -2.01. The maximum Gasteiger partial charge on any atom is 0.335 e. The highest BCUT2D eigenvalue weighted by Gasteiger charge is 2.06. The van der Waals surface area contributed by atoms with Crippen molar-refractivity contribution in [3.05, 3.63) is 47.5 Å². The van der Waals surface area contributed by atoms with Crippen molar-refractivity contribution in [1.82, 2.24) is 0 Å². The number of rotatable bonds is 3. The van der Waals surface area contributed by atoms with E-state index in [9.17, 15) is 14.4 Å². The van der Waals surface area contributed by atoms with Crippen molar-refractivity contribution >= 4 is 17.9 Å². The lowest BCUT2D eigenvalue weighted by Gasteiger charge is -1.95. The van der Waals surface area contributed by atoms with Crippen LogP contribution in [0.2, 0.25) is 0 Å². The molecule has 0 heterocycles. The van der Waals surface area contributed by atoms with Crippen molar-refractivity contribution in [1.29, 1.82) is 0 Å². The number of aromatic carboxylic acids is 2. The largest absolute Gasteiger partial charge is 0.478 e. The summed E-state index contributed by atoms with van der Waals surface area (Å²) in [6, 6.07) is 5.20. The zero-order valence-electron chi connectivity index (χ0n) is 9.58. The first-order valence-corrected chi connectivity index (χ1v) is 4.71. The monoisotopic (exact) mass is 252 g/mol. The van der Waals surface area contributed by atoms with Gasteiger partial charge in [-0.05, 0) is 25.1 Å². The number of carbonyl (C=O) groups is 3. The summed E-state index contributed by atoms with van der Waals surface area (Å²) in [5, 5.41) is 24.9. The molecule has 0 aliphatic heterocycles. The van der Waals surface area contributed by atoms with Gasteiger partial charge in [0, 0.05) is 5.57 Å². The second kappa shape index (κ2) is 6.85. The van der Waals surface area contributed by atoms with Crippen LogP contribution in [0.3, 0.4) is 0 Å². The lowest BCUT2D eigenvalue weighted by molar-refractivity contribution is -0.132. The molecule has 0 saturated heterocycles. The smallest absolute Gasteiger partial charge is 0.335 e. The summed E-state index contributed by atoms with van der Waals surface area (Å²) in [5.41, 5.74) is 0.139. The van der Waals surface area contributed by atoms with Crippen LogP contribution in [0.5, 0.6) is 0 Å². The number of carboxylic acids is 3. The van der Waals surface area contributed by atoms with Gasteiger partial charge in [0.2, 0.25) is 0 Å². The minimum atomic E-state index is -1.13. The van der Waals surface area contributed by atoms with Gasteiger partial charge in [0.25, 0.3) is 0 Å². The SMILES string of the molecule is C=C(C)C(=O)O.O=C(O)c1cccc(C(=O)O)c1. The van der Waals surface area contributed by atoms with Gasteiger partial charge in [0.05, 0.1) is 11.1 Å². The molecule has 1 aromatic carbocycles. The summed E-state index contributed by atoms with van der Waals surface area (Å²) in [4.78, 5) is 30.4. The molecule has 18 heavy (non-hydrogen) atoms. The van der Waals surface area contributed by atoms with Gasteiger partial charge < -0.3 is 15.3 Å². The molecular weight excluding hydrogens is 240 g/mol. The van der Waals surface area contributed by atoms with Gasteiger partial charge in [-0.15, -0.1) is 0 Å². The van der Waals surface area contributed by atoms with Crippen LogP contribution in [-0.2, 0) is 4.79 Å². The van der Waals surface area contributed by atoms with Crippen LogP contribution in [0.15, 0.2) is 36.4 Å². The topological polar surface area (TPSA) is 112 Å². The second-order valence-corrected chi connectivity index (χ2v) is 3.28. The van der Waals surface area contributed by atoms with Gasteiger partial charge in [0.15, 0.2) is 0 Å². The molecule has 0 aromatic heterocycles. The minimum absolute atomic E-state index is 0.0186. The third-order valence-electron chi connectivity index (χ3n) is 1.72. The summed E-state index contributed by atoms with van der Waals surface area (Å²) in [5.74, 6) is -3.19. The molecule has 0 amide bonds. The van der Waals surface area contributed by atoms with Crippen molar-refractivity contribution in [2.24, 2.45) is 0 Å². The van der Waals surface area contributed by atoms with Crippen molar-refractivity contribution in [3.8, 4) is 0 Å². The Morgan fingerprint density at radius 2 is 1.33 bits per heavy atom. The molecule has 0 aliphatic carbocycles. The van der Waals surface area contributed by atoms with E-state index in [-0.39, 0.29) is 16.7 Å². The molecule has 1 rings (SSSR count). The van der Waals surface area contributed by atoms with E-state index in [2.05, 4.69) is 6.58 Å². The molecule has 0 aliphatic rings. The van der Waals surface area contributed by atoms with E-state index in [1.54, 1.807) is 0 Å². The summed E-state index contributed by atoms with van der Waals surface area (Å²) in [7, 11) is 0. The molecule has 0 spiro atoms. The Bertz CT molecular complexity index is 448. The van der Waals surface area contributed by atoms with Crippen LogP contribution in [0, 0.1) is 0 Å². The zero-order chi connectivity index (χ0) is 14.3. The Labute approximate surface area is 103 Å². The molecule has 1 aromatic rings. The first-order chi connectivity index (χ1) is 8.25. The Hall–Kier alpha value is -2.63. The van der Waals surface area contributed by atoms with Crippen LogP contribution < -0.4 is 0 Å². The molecule has 0 radical (unpaired) electrons. The third-order valence-corrected chi connectivity index (χ3v) is 1.72. The van der Waals surface area contributed by atoms with E-state index < -0.39 is 17.9 Å². The van der Waals surface area contributed by atoms with E-state index in [0.717, 1.165) is 6.07 Å². The average molecular weight is 252 g/mol. The molecule has 0 unspecified atom stereocenters. The Morgan fingerprint density at radius 1 is 1.00 bits per heavy atom. The maximum absolute atomic E-state index is 10.4. The fourth-order valence-electron chi connectivity index (χ4n) is 0.785. The highest BCUT2D eigenvalue weighted by Crippen LogP contribution is 2.04. The van der Waals surface area contributed by atoms with Crippen molar-refractivity contribution in [2.45, 2.75) is 6.92 Å². The maximum atomic E-state index is 10.4. The van der Waals surface area contributed by atoms with Crippen molar-refractivity contribution < 1.29 is 29.7 Å². The predicted octanol–water partition coefficient (Wildman–Crippen LogP) is 1.73. The number of hydrogen-bond acceptors (Lipinski definition) is 3. The number of benzene rings is 1. The Kier molecular flexibility index (Phi) is 5.85. The standard InChI is InChI=1S/C8H6O4.C4H6O2/c9-7(10)5-2-1-3-6(4-5)8(11)12;1-3(2)4(5)6/h1-4H,(H,9,10)(H,11,12);1H2,2H3,(H,5,6). The highest BCUT2D eigenvalue weighted by molar-refractivity contribution is 5.93. The van der Waals surface area contributed by atoms with E-state index >= 15 is 0 Å². The number of carboxylic acid groups (broad SMARTS) is 3. The van der Waals surface area contributed by atoms with Gasteiger partial charge in [-0.1, -0.05) is 12.6 Å². The number of aliphatic carboxylic acids is 1. The molecular formula is C12H12O6. The third kappa shape index (κ3) is 5.45. The average Bonchev–Trinajstić information content (AvgIpc) is 2.29. The predicted molar refractivity (Wildman–Crippen MR) is 62.8 cm³/mol. The van der Waals surface area contributed by atoms with Crippen LogP contribution in [0.25, 0.3) is 0 Å². The van der Waals surface area contributed by atoms with Crippen molar-refractivity contribution in [2.75, 3.05) is 0 Å². The molecule has 0 atom stereocenters. The molecule has 3 N–H and O–H groups in total. The fraction of sp³-hybridized carbons (Fsp3) is 0.0833. The van der Waals surface area contributed by atoms with E-state index in [1.165, 1.54) is 25.1 Å². The van der Waals surface area contributed by atoms with Crippen LogP contribution >= 0.6 is 0 Å². The quantitative estimate of drug-likeness (QED) is 0.706. The Balaban J connectivity index is 0.000000411.